The predicted octanol–water partition coefficient (Wildman–Crippen LogP) is 2.51. The first-order valence-corrected chi connectivity index (χ1v) is 9.96. The van der Waals surface area contributed by atoms with Crippen molar-refractivity contribution in [2.75, 3.05) is 0 Å². The number of halogens is 3. The van der Waals surface area contributed by atoms with Crippen molar-refractivity contribution in [3.63, 3.8) is 0 Å². The molecule has 9 heteroatoms. The molecule has 2 bridgehead atoms. The van der Waals surface area contributed by atoms with Gasteiger partial charge in [-0.1, -0.05) is 0 Å². The fourth-order valence-corrected chi connectivity index (χ4v) is 5.64. The Bertz CT molecular complexity index is 584. The van der Waals surface area contributed by atoms with E-state index in [1.54, 1.807) is 0 Å². The molecule has 0 aromatic heterocycles. The molecule has 1 N–H and O–H groups in total. The van der Waals surface area contributed by atoms with Crippen LogP contribution in [0.3, 0.4) is 0 Å². The highest BCUT2D eigenvalue weighted by atomic mass is 32.2. The summed E-state index contributed by atoms with van der Waals surface area (Å²) in [6.45, 7) is 0. The molecule has 2 aliphatic heterocycles. The Hall–Kier alpha value is -0.830. The van der Waals surface area contributed by atoms with E-state index in [-0.39, 0.29) is 50.2 Å². The summed E-state index contributed by atoms with van der Waals surface area (Å²) in [7, 11) is -3.91. The van der Waals surface area contributed by atoms with Crippen LogP contribution in [0.25, 0.3) is 0 Å². The second kappa shape index (κ2) is 6.48. The van der Waals surface area contributed by atoms with Crippen molar-refractivity contribution in [2.24, 2.45) is 11.8 Å². The predicted molar refractivity (Wildman–Crippen MR) is 79.5 cm³/mol. The third-order valence-corrected chi connectivity index (χ3v) is 7.37. The van der Waals surface area contributed by atoms with Crippen molar-refractivity contribution < 1.29 is 31.1 Å². The molecule has 3 fully saturated rings. The Morgan fingerprint density at radius 1 is 1.08 bits per heavy atom. The summed E-state index contributed by atoms with van der Waals surface area (Å²) in [5, 5.41) is -0.920. The van der Waals surface area contributed by atoms with Crippen molar-refractivity contribution in [2.45, 2.75) is 75.0 Å². The van der Waals surface area contributed by atoms with Crippen molar-refractivity contribution in [3.05, 3.63) is 0 Å². The minimum atomic E-state index is -4.28. The highest BCUT2D eigenvalue weighted by molar-refractivity contribution is 7.90. The van der Waals surface area contributed by atoms with E-state index in [1.165, 1.54) is 0 Å². The molecular formula is C15H22F3NO4S. The van der Waals surface area contributed by atoms with Crippen LogP contribution in [0.2, 0.25) is 0 Å². The Balaban J connectivity index is 1.50. The van der Waals surface area contributed by atoms with E-state index in [2.05, 4.69) is 4.72 Å². The van der Waals surface area contributed by atoms with Crippen LogP contribution in [0.5, 0.6) is 0 Å². The Morgan fingerprint density at radius 3 is 2.25 bits per heavy atom. The maximum Gasteiger partial charge on any atom is 0.391 e. The maximum absolute atomic E-state index is 12.6. The van der Waals surface area contributed by atoms with Gasteiger partial charge in [-0.15, -0.1) is 0 Å². The highest BCUT2D eigenvalue weighted by Crippen LogP contribution is 2.41. The summed E-state index contributed by atoms with van der Waals surface area (Å²) in [6.07, 6.45) is -1.85. The standard InChI is InChI=1S/C15H22F3NO4S/c16-15(17,18)10-1-4-12(5-2-10)24(21,22)19-14(20)8-9-7-11-3-6-13(9)23-11/h9-13H,1-8H2,(H,19,20). The molecule has 0 spiro atoms. The Labute approximate surface area is 139 Å². The lowest BCUT2D eigenvalue weighted by Crippen LogP contribution is -2.42. The first kappa shape index (κ1) is 18.0. The number of rotatable bonds is 4. The number of alkyl halides is 3. The molecule has 2 saturated heterocycles. The smallest absolute Gasteiger partial charge is 0.375 e. The molecule has 1 aliphatic carbocycles. The summed E-state index contributed by atoms with van der Waals surface area (Å²) in [6, 6.07) is 0. The first-order chi connectivity index (χ1) is 11.1. The molecule has 24 heavy (non-hydrogen) atoms. The molecule has 138 valence electrons. The van der Waals surface area contributed by atoms with Gasteiger partial charge in [0.05, 0.1) is 23.4 Å². The van der Waals surface area contributed by atoms with E-state index < -0.39 is 33.3 Å². The molecule has 1 saturated carbocycles. The second-order valence-electron chi connectivity index (χ2n) is 7.16. The summed E-state index contributed by atoms with van der Waals surface area (Å²) in [5.41, 5.74) is 0. The van der Waals surface area contributed by atoms with E-state index in [9.17, 15) is 26.4 Å². The van der Waals surface area contributed by atoms with E-state index in [1.807, 2.05) is 0 Å². The highest BCUT2D eigenvalue weighted by Gasteiger charge is 2.45. The third-order valence-electron chi connectivity index (χ3n) is 5.51. The molecule has 3 rings (SSSR count). The number of sulfonamides is 1. The average Bonchev–Trinajstić information content (AvgIpc) is 3.08. The maximum atomic E-state index is 12.6. The Kier molecular flexibility index (Phi) is 4.85. The average molecular weight is 369 g/mol. The van der Waals surface area contributed by atoms with E-state index in [0.717, 1.165) is 19.3 Å². The van der Waals surface area contributed by atoms with Crippen LogP contribution < -0.4 is 4.72 Å². The lowest BCUT2D eigenvalue weighted by Gasteiger charge is -2.29. The minimum absolute atomic E-state index is 0.0330. The molecular weight excluding hydrogens is 347 g/mol. The van der Waals surface area contributed by atoms with Crippen LogP contribution in [0.4, 0.5) is 13.2 Å². The van der Waals surface area contributed by atoms with Crippen molar-refractivity contribution in [3.8, 4) is 0 Å². The lowest BCUT2D eigenvalue weighted by atomic mass is 9.87. The van der Waals surface area contributed by atoms with Crippen LogP contribution >= 0.6 is 0 Å². The molecule has 3 aliphatic rings. The Morgan fingerprint density at radius 2 is 1.75 bits per heavy atom. The normalized spacial score (nSPS) is 36.7. The number of fused-ring (bicyclic) bond motifs is 2. The number of ether oxygens (including phenoxy) is 1. The van der Waals surface area contributed by atoms with Gasteiger partial charge in [-0.05, 0) is 50.9 Å². The molecule has 0 aromatic carbocycles. The van der Waals surface area contributed by atoms with Gasteiger partial charge >= 0.3 is 6.18 Å². The van der Waals surface area contributed by atoms with Crippen LogP contribution in [-0.4, -0.2) is 38.0 Å². The summed E-state index contributed by atoms with van der Waals surface area (Å²) < 4.78 is 70.1. The van der Waals surface area contributed by atoms with Gasteiger partial charge in [0.2, 0.25) is 15.9 Å². The van der Waals surface area contributed by atoms with E-state index in [4.69, 9.17) is 4.74 Å². The molecule has 3 atom stereocenters. The van der Waals surface area contributed by atoms with Crippen molar-refractivity contribution in [1.29, 1.82) is 0 Å². The molecule has 2 heterocycles. The van der Waals surface area contributed by atoms with Gasteiger partial charge in [-0.25, -0.2) is 8.42 Å². The van der Waals surface area contributed by atoms with E-state index >= 15 is 0 Å². The van der Waals surface area contributed by atoms with Crippen LogP contribution in [0.15, 0.2) is 0 Å². The number of hydrogen-bond donors (Lipinski definition) is 1. The number of amides is 1. The fourth-order valence-electron chi connectivity index (χ4n) is 4.18. The zero-order valence-electron chi connectivity index (χ0n) is 13.2. The summed E-state index contributed by atoms with van der Waals surface area (Å²) >= 11 is 0. The van der Waals surface area contributed by atoms with Crippen LogP contribution in [0, 0.1) is 11.8 Å². The zero-order chi connectivity index (χ0) is 17.5. The number of carbonyl (C=O) groups excluding carboxylic acids is 1. The van der Waals surface area contributed by atoms with Gasteiger partial charge < -0.3 is 4.74 Å². The van der Waals surface area contributed by atoms with Crippen molar-refractivity contribution >= 4 is 15.9 Å². The zero-order valence-corrected chi connectivity index (χ0v) is 14.0. The topological polar surface area (TPSA) is 72.5 Å². The van der Waals surface area contributed by atoms with E-state index in [0.29, 0.717) is 0 Å². The molecule has 5 nitrogen and oxygen atoms in total. The summed E-state index contributed by atoms with van der Waals surface area (Å²) in [5.74, 6) is -1.97. The van der Waals surface area contributed by atoms with Gasteiger partial charge in [0.25, 0.3) is 0 Å². The van der Waals surface area contributed by atoms with Gasteiger partial charge in [-0.3, -0.25) is 9.52 Å². The molecule has 0 aromatic rings. The first-order valence-electron chi connectivity index (χ1n) is 8.42. The lowest BCUT2D eigenvalue weighted by molar-refractivity contribution is -0.181. The van der Waals surface area contributed by atoms with Gasteiger partial charge in [0.15, 0.2) is 0 Å². The van der Waals surface area contributed by atoms with Gasteiger partial charge in [0.1, 0.15) is 0 Å². The van der Waals surface area contributed by atoms with Crippen molar-refractivity contribution in [1.82, 2.24) is 4.72 Å². The van der Waals surface area contributed by atoms with Crippen LogP contribution in [-0.2, 0) is 19.6 Å². The number of carbonyl (C=O) groups is 1. The minimum Gasteiger partial charge on any atom is -0.375 e. The van der Waals surface area contributed by atoms with Gasteiger partial charge in [-0.2, -0.15) is 13.2 Å². The summed E-state index contributed by atoms with van der Waals surface area (Å²) in [4.78, 5) is 12.0. The largest absolute Gasteiger partial charge is 0.391 e. The third kappa shape index (κ3) is 3.87. The SMILES string of the molecule is O=C(CC1CC2CCC1O2)NS(=O)(=O)C1CCC(C(F)(F)F)CC1. The molecule has 1 amide bonds. The quantitative estimate of drug-likeness (QED) is 0.826. The fraction of sp³-hybridized carbons (Fsp3) is 0.933. The van der Waals surface area contributed by atoms with Crippen LogP contribution in [0.1, 0.15) is 51.4 Å². The number of hydrogen-bond acceptors (Lipinski definition) is 4. The molecule has 3 unspecified atom stereocenters. The molecule has 0 radical (unpaired) electrons. The monoisotopic (exact) mass is 369 g/mol. The van der Waals surface area contributed by atoms with Gasteiger partial charge in [0, 0.05) is 6.42 Å². The number of nitrogens with one attached hydrogen (secondary N) is 1. The second-order valence-corrected chi connectivity index (χ2v) is 9.12.